The molecule has 0 aliphatic heterocycles. The minimum Gasteiger partial charge on any atom is -0.507 e. The molecule has 0 fully saturated rings. The van der Waals surface area contributed by atoms with Crippen LogP contribution in [0.25, 0.3) is 22.9 Å². The Hall–Kier alpha value is -1.76. The van der Waals surface area contributed by atoms with Crippen molar-refractivity contribution in [1.29, 1.82) is 0 Å². The van der Waals surface area contributed by atoms with E-state index in [4.69, 9.17) is 0 Å². The van der Waals surface area contributed by atoms with E-state index >= 15 is 0 Å². The van der Waals surface area contributed by atoms with Gasteiger partial charge in [-0.1, -0.05) is 36.4 Å². The summed E-state index contributed by atoms with van der Waals surface area (Å²) in [7, 11) is 0. The van der Waals surface area contributed by atoms with Crippen LogP contribution in [0.5, 0.6) is 5.75 Å². The van der Waals surface area contributed by atoms with Crippen molar-refractivity contribution in [2.45, 2.75) is 0 Å². The predicted octanol–water partition coefficient (Wildman–Crippen LogP) is 3.03. The van der Waals surface area contributed by atoms with Gasteiger partial charge in [0.2, 0.25) is 0 Å². The van der Waals surface area contributed by atoms with E-state index in [0.29, 0.717) is 5.75 Å². The molecule has 1 N–H and O–H groups in total. The van der Waals surface area contributed by atoms with Gasteiger partial charge in [0.1, 0.15) is 5.75 Å². The van der Waals surface area contributed by atoms with Gasteiger partial charge in [0, 0.05) is 5.56 Å². The second kappa shape index (κ2) is 2.13. The molecule has 0 saturated heterocycles. The van der Waals surface area contributed by atoms with Crippen LogP contribution in [0.1, 0.15) is 11.1 Å². The van der Waals surface area contributed by atoms with E-state index in [9.17, 15) is 5.11 Å². The third kappa shape index (κ3) is 0.760. The molecule has 0 atom stereocenters. The number of benzene rings is 2. The van der Waals surface area contributed by atoms with Crippen molar-refractivity contribution >= 4 is 22.9 Å². The second-order valence-electron chi connectivity index (χ2n) is 3.28. The molecule has 0 bridgehead atoms. The largest absolute Gasteiger partial charge is 0.507 e. The van der Waals surface area contributed by atoms with Crippen LogP contribution in [0, 0.1) is 0 Å². The van der Waals surface area contributed by atoms with Gasteiger partial charge >= 0.3 is 0 Å². The Morgan fingerprint density at radius 1 is 0.923 bits per heavy atom. The molecule has 1 nitrogen and oxygen atoms in total. The maximum absolute atomic E-state index is 9.59. The molecule has 0 saturated carbocycles. The van der Waals surface area contributed by atoms with Gasteiger partial charge in [0.05, 0.1) is 0 Å². The molecule has 0 aromatic heterocycles. The maximum atomic E-state index is 9.59. The van der Waals surface area contributed by atoms with E-state index < -0.39 is 0 Å². The van der Waals surface area contributed by atoms with Gasteiger partial charge in [-0.25, -0.2) is 0 Å². The van der Waals surface area contributed by atoms with Gasteiger partial charge in [0.25, 0.3) is 0 Å². The molecule has 3 rings (SSSR count). The molecule has 13 heavy (non-hydrogen) atoms. The number of aromatic hydroxyl groups is 1. The molecule has 1 aliphatic carbocycles. The summed E-state index contributed by atoms with van der Waals surface area (Å²) in [5.74, 6) is 0.369. The Morgan fingerprint density at radius 3 is 2.77 bits per heavy atom. The van der Waals surface area contributed by atoms with E-state index in [2.05, 4.69) is 12.1 Å². The maximum Gasteiger partial charge on any atom is 0.123 e. The molecule has 62 valence electrons. The minimum atomic E-state index is 0.369. The number of phenolic OH excluding ortho intramolecular Hbond substituents is 1. The highest BCUT2D eigenvalue weighted by atomic mass is 16.3. The summed E-state index contributed by atoms with van der Waals surface area (Å²) in [6, 6.07) is 9.86. The number of hydrogen-bond acceptors (Lipinski definition) is 1. The molecular weight excluding hydrogens is 160 g/mol. The first-order valence-electron chi connectivity index (χ1n) is 4.29. The van der Waals surface area contributed by atoms with Gasteiger partial charge in [-0.05, 0) is 22.4 Å². The molecule has 0 amide bonds. The smallest absolute Gasteiger partial charge is 0.123 e. The lowest BCUT2D eigenvalue weighted by molar-refractivity contribution is 0.475. The first-order valence-corrected chi connectivity index (χ1v) is 4.29. The quantitative estimate of drug-likeness (QED) is 0.547. The lowest BCUT2D eigenvalue weighted by atomic mass is 10.0. The Morgan fingerprint density at radius 2 is 1.85 bits per heavy atom. The van der Waals surface area contributed by atoms with Gasteiger partial charge in [0.15, 0.2) is 0 Å². The van der Waals surface area contributed by atoms with Crippen molar-refractivity contribution in [1.82, 2.24) is 0 Å². The van der Waals surface area contributed by atoms with Crippen molar-refractivity contribution < 1.29 is 5.11 Å². The third-order valence-electron chi connectivity index (χ3n) is 2.52. The Labute approximate surface area is 75.9 Å². The molecule has 1 aliphatic rings. The summed E-state index contributed by atoms with van der Waals surface area (Å²) in [5, 5.41) is 11.9. The molecule has 2 aromatic rings. The van der Waals surface area contributed by atoms with Crippen molar-refractivity contribution in [3.63, 3.8) is 0 Å². The van der Waals surface area contributed by atoms with Crippen LogP contribution in [0.3, 0.4) is 0 Å². The zero-order valence-electron chi connectivity index (χ0n) is 6.99. The monoisotopic (exact) mass is 168 g/mol. The fourth-order valence-electron chi connectivity index (χ4n) is 1.91. The van der Waals surface area contributed by atoms with E-state index in [1.165, 1.54) is 16.3 Å². The summed E-state index contributed by atoms with van der Waals surface area (Å²) < 4.78 is 0. The van der Waals surface area contributed by atoms with Gasteiger partial charge < -0.3 is 5.11 Å². The highest BCUT2D eigenvalue weighted by molar-refractivity contribution is 6.06. The van der Waals surface area contributed by atoms with Crippen LogP contribution in [-0.4, -0.2) is 5.11 Å². The number of hydrogen-bond donors (Lipinski definition) is 1. The minimum absolute atomic E-state index is 0.369. The average Bonchev–Trinajstić information content (AvgIpc) is 2.57. The second-order valence-corrected chi connectivity index (χ2v) is 3.28. The summed E-state index contributed by atoms with van der Waals surface area (Å²) in [6.07, 6.45) is 4.00. The van der Waals surface area contributed by atoms with Gasteiger partial charge in [-0.15, -0.1) is 0 Å². The molecular formula is C12H8O. The van der Waals surface area contributed by atoms with Crippen molar-refractivity contribution in [2.75, 3.05) is 0 Å². The predicted molar refractivity (Wildman–Crippen MR) is 54.5 cm³/mol. The Balaban J connectivity index is 2.62. The number of phenols is 1. The lowest BCUT2D eigenvalue weighted by Gasteiger charge is -2.02. The summed E-state index contributed by atoms with van der Waals surface area (Å²) in [4.78, 5) is 0. The summed E-state index contributed by atoms with van der Waals surface area (Å²) in [5.41, 5.74) is 2.15. The zero-order valence-corrected chi connectivity index (χ0v) is 6.99. The topological polar surface area (TPSA) is 20.2 Å². The van der Waals surface area contributed by atoms with Crippen LogP contribution >= 0.6 is 0 Å². The normalized spacial score (nSPS) is 12.6. The summed E-state index contributed by atoms with van der Waals surface area (Å²) >= 11 is 0. The van der Waals surface area contributed by atoms with Crippen molar-refractivity contribution in [3.8, 4) is 5.75 Å². The fraction of sp³-hybridized carbons (Fsp3) is 0. The van der Waals surface area contributed by atoms with E-state index in [0.717, 1.165) is 5.56 Å². The van der Waals surface area contributed by atoms with Crippen LogP contribution in [0.4, 0.5) is 0 Å². The van der Waals surface area contributed by atoms with Crippen LogP contribution < -0.4 is 0 Å². The van der Waals surface area contributed by atoms with E-state index in [1.807, 2.05) is 24.3 Å². The Kier molecular flexibility index (Phi) is 1.10. The fourth-order valence-corrected chi connectivity index (χ4v) is 1.91. The van der Waals surface area contributed by atoms with E-state index in [1.54, 1.807) is 6.07 Å². The van der Waals surface area contributed by atoms with Crippen LogP contribution in [0.2, 0.25) is 0 Å². The highest BCUT2D eigenvalue weighted by Gasteiger charge is 2.11. The average molecular weight is 168 g/mol. The number of rotatable bonds is 0. The third-order valence-corrected chi connectivity index (χ3v) is 2.52. The van der Waals surface area contributed by atoms with Crippen LogP contribution in [-0.2, 0) is 0 Å². The zero-order chi connectivity index (χ0) is 8.84. The molecule has 2 aromatic carbocycles. The first kappa shape index (κ1) is 6.72. The SMILES string of the molecule is Oc1ccc2cccc3c2c1C=C3. The molecule has 0 unspecified atom stereocenters. The standard InChI is InChI=1S/C12H8O/c13-11-7-5-9-3-1-2-8-4-6-10(11)12(8)9/h1-7,13H. The Bertz CT molecular complexity index is 524. The van der Waals surface area contributed by atoms with Gasteiger partial charge in [-0.2, -0.15) is 0 Å². The van der Waals surface area contributed by atoms with Crippen LogP contribution in [0.15, 0.2) is 30.3 Å². The van der Waals surface area contributed by atoms with E-state index in [-0.39, 0.29) is 0 Å². The molecule has 1 heteroatoms. The van der Waals surface area contributed by atoms with Crippen molar-refractivity contribution in [3.05, 3.63) is 41.5 Å². The highest BCUT2D eigenvalue weighted by Crippen LogP contribution is 2.36. The molecule has 0 heterocycles. The molecule has 0 radical (unpaired) electrons. The van der Waals surface area contributed by atoms with Gasteiger partial charge in [-0.3, -0.25) is 0 Å². The molecule has 0 spiro atoms. The summed E-state index contributed by atoms with van der Waals surface area (Å²) in [6.45, 7) is 0. The first-order chi connectivity index (χ1) is 6.36. The lowest BCUT2D eigenvalue weighted by Crippen LogP contribution is -1.78. The van der Waals surface area contributed by atoms with Crippen molar-refractivity contribution in [2.24, 2.45) is 0 Å².